The van der Waals surface area contributed by atoms with Crippen molar-refractivity contribution in [2.75, 3.05) is 11.4 Å². The van der Waals surface area contributed by atoms with Crippen molar-refractivity contribution in [3.63, 3.8) is 0 Å². The molecule has 0 aromatic heterocycles. The van der Waals surface area contributed by atoms with E-state index in [1.165, 1.54) is 6.92 Å². The number of hydrogen-bond donors (Lipinski definition) is 1. The third kappa shape index (κ3) is 4.77. The van der Waals surface area contributed by atoms with Crippen LogP contribution < -0.4 is 4.90 Å². The molecule has 0 bridgehead atoms. The Morgan fingerprint density at radius 2 is 1.86 bits per heavy atom. The fraction of sp³-hybridized carbons (Fsp3) is 0.304. The Morgan fingerprint density at radius 1 is 1.10 bits per heavy atom. The Morgan fingerprint density at radius 3 is 2.55 bits per heavy atom. The molecule has 29 heavy (non-hydrogen) atoms. The summed E-state index contributed by atoms with van der Waals surface area (Å²) in [6, 6.07) is 12.5. The van der Waals surface area contributed by atoms with Crippen LogP contribution in [0.3, 0.4) is 0 Å². The van der Waals surface area contributed by atoms with E-state index in [2.05, 4.69) is 11.9 Å². The number of ketones is 1. The Kier molecular flexibility index (Phi) is 6.22. The minimum Gasteiger partial charge on any atom is -0.481 e. The number of aryl methyl sites for hydroxylation is 1. The normalized spacial score (nSPS) is 14.1. The largest absolute Gasteiger partial charge is 0.481 e. The van der Waals surface area contributed by atoms with Crippen molar-refractivity contribution in [1.29, 1.82) is 0 Å². The van der Waals surface area contributed by atoms with Crippen LogP contribution in [0.1, 0.15) is 58.5 Å². The van der Waals surface area contributed by atoms with E-state index in [-0.39, 0.29) is 18.1 Å². The molecule has 0 saturated carbocycles. The maximum Gasteiger partial charge on any atom is 0.303 e. The van der Waals surface area contributed by atoms with Gasteiger partial charge in [0, 0.05) is 36.2 Å². The molecule has 150 valence electrons. The lowest BCUT2D eigenvalue weighted by atomic mass is 10.0. The number of benzene rings is 2. The monoisotopic (exact) mass is 392 g/mol. The fourth-order valence-electron chi connectivity index (χ4n) is 3.48. The molecule has 0 saturated heterocycles. The summed E-state index contributed by atoms with van der Waals surface area (Å²) in [7, 11) is 0. The summed E-state index contributed by atoms with van der Waals surface area (Å²) < 4.78 is 0. The fourth-order valence-corrected chi connectivity index (χ4v) is 3.48. The summed E-state index contributed by atoms with van der Waals surface area (Å²) >= 11 is 0. The topological polar surface area (TPSA) is 87.0 Å². The van der Waals surface area contributed by atoms with Gasteiger partial charge in [-0.05, 0) is 49.1 Å². The first-order valence-electron chi connectivity index (χ1n) is 9.73. The molecule has 1 aliphatic rings. The van der Waals surface area contributed by atoms with Crippen molar-refractivity contribution in [2.45, 2.75) is 39.5 Å². The molecule has 1 N–H and O–H groups in total. The molecular formula is C23H24N2O4. The van der Waals surface area contributed by atoms with Crippen LogP contribution in [-0.4, -0.2) is 35.1 Å². The minimum absolute atomic E-state index is 0.0867. The van der Waals surface area contributed by atoms with Crippen LogP contribution in [0.2, 0.25) is 0 Å². The predicted octanol–water partition coefficient (Wildman–Crippen LogP) is 3.92. The van der Waals surface area contributed by atoms with Crippen molar-refractivity contribution < 1.29 is 19.5 Å². The lowest BCUT2D eigenvalue weighted by Gasteiger charge is -2.19. The number of carbonyl (C=O) groups is 3. The average Bonchev–Trinajstić information content (AvgIpc) is 3.03. The van der Waals surface area contributed by atoms with E-state index >= 15 is 0 Å². The molecule has 1 aliphatic heterocycles. The van der Waals surface area contributed by atoms with Crippen LogP contribution in [0, 0.1) is 0 Å². The molecule has 6 nitrogen and oxygen atoms in total. The number of aliphatic imine (C=N–C) groups is 1. The highest BCUT2D eigenvalue weighted by molar-refractivity contribution is 6.12. The van der Waals surface area contributed by atoms with Crippen LogP contribution in [0.15, 0.2) is 47.5 Å². The summed E-state index contributed by atoms with van der Waals surface area (Å²) in [5.74, 6) is -0.612. The Hall–Kier alpha value is -3.28. The van der Waals surface area contributed by atoms with Gasteiger partial charge in [-0.2, -0.15) is 4.99 Å². The molecule has 6 heteroatoms. The maximum absolute atomic E-state index is 12.7. The van der Waals surface area contributed by atoms with Crippen molar-refractivity contribution in [3.8, 4) is 0 Å². The van der Waals surface area contributed by atoms with Gasteiger partial charge in [-0.25, -0.2) is 0 Å². The van der Waals surface area contributed by atoms with Gasteiger partial charge < -0.3 is 10.0 Å². The molecule has 0 radical (unpaired) electrons. The molecule has 2 aromatic carbocycles. The number of amidine groups is 1. The number of carboxylic acids is 1. The van der Waals surface area contributed by atoms with Crippen molar-refractivity contribution in [3.05, 3.63) is 64.7 Å². The van der Waals surface area contributed by atoms with Crippen LogP contribution in [0.25, 0.3) is 0 Å². The van der Waals surface area contributed by atoms with Gasteiger partial charge in [-0.1, -0.05) is 31.2 Å². The number of fused-ring (bicyclic) bond motifs is 1. The van der Waals surface area contributed by atoms with Crippen LogP contribution in [0.5, 0.6) is 0 Å². The van der Waals surface area contributed by atoms with Gasteiger partial charge in [-0.15, -0.1) is 0 Å². The number of nitrogens with zero attached hydrogens (tertiary/aromatic N) is 2. The summed E-state index contributed by atoms with van der Waals surface area (Å²) in [5, 5.41) is 8.90. The zero-order chi connectivity index (χ0) is 21.0. The second kappa shape index (κ2) is 8.82. The van der Waals surface area contributed by atoms with Gasteiger partial charge >= 0.3 is 5.97 Å². The number of carboxylic acid groups (broad SMARTS) is 1. The van der Waals surface area contributed by atoms with Crippen molar-refractivity contribution in [2.24, 2.45) is 4.99 Å². The van der Waals surface area contributed by atoms with Gasteiger partial charge in [0.2, 0.25) is 0 Å². The number of hydrogen-bond acceptors (Lipinski definition) is 3. The molecule has 0 unspecified atom stereocenters. The highest BCUT2D eigenvalue weighted by Crippen LogP contribution is 2.31. The van der Waals surface area contributed by atoms with E-state index in [9.17, 15) is 14.4 Å². The quantitative estimate of drug-likeness (QED) is 0.722. The average molecular weight is 392 g/mol. The number of rotatable bonds is 7. The Bertz CT molecular complexity index is 994. The third-order valence-corrected chi connectivity index (χ3v) is 4.92. The first-order valence-corrected chi connectivity index (χ1v) is 9.73. The third-order valence-electron chi connectivity index (χ3n) is 4.92. The number of Topliss-reactive ketones (excluding diaryl/α,β-unsaturated/α-hetero) is 1. The number of anilines is 1. The van der Waals surface area contributed by atoms with Crippen molar-refractivity contribution in [1.82, 2.24) is 0 Å². The second-order valence-electron chi connectivity index (χ2n) is 7.16. The standard InChI is InChI=1S/C23H24N2O4/c1-3-11-25-20-9-7-16(8-10-22(27)28)12-19(20)14-21(25)24-23(29)18-6-4-5-17(13-18)15(2)26/h4-7,9,12-13H,3,8,10-11,14H2,1-2H3,(H,27,28). The molecule has 0 atom stereocenters. The molecule has 0 aliphatic carbocycles. The number of carbonyl (C=O) groups excluding carboxylic acids is 2. The lowest BCUT2D eigenvalue weighted by Crippen LogP contribution is -2.28. The Balaban J connectivity index is 1.87. The first kappa shape index (κ1) is 20.5. The van der Waals surface area contributed by atoms with Gasteiger partial charge in [-0.3, -0.25) is 14.4 Å². The molecule has 3 rings (SSSR count). The summed E-state index contributed by atoms with van der Waals surface area (Å²) in [5.41, 5.74) is 3.89. The zero-order valence-electron chi connectivity index (χ0n) is 16.6. The van der Waals surface area contributed by atoms with Gasteiger partial charge in [0.25, 0.3) is 5.91 Å². The highest BCUT2D eigenvalue weighted by Gasteiger charge is 2.26. The molecular weight excluding hydrogens is 368 g/mol. The first-order chi connectivity index (χ1) is 13.9. The van der Waals surface area contributed by atoms with Crippen LogP contribution in [0.4, 0.5) is 5.69 Å². The highest BCUT2D eigenvalue weighted by atomic mass is 16.4. The minimum atomic E-state index is -0.821. The smallest absolute Gasteiger partial charge is 0.303 e. The van der Waals surface area contributed by atoms with E-state index in [1.807, 2.05) is 23.1 Å². The lowest BCUT2D eigenvalue weighted by molar-refractivity contribution is -0.136. The van der Waals surface area contributed by atoms with Gasteiger partial charge in [0.05, 0.1) is 0 Å². The SMILES string of the molecule is CCCN1C(=NC(=O)c2cccc(C(C)=O)c2)Cc2cc(CCC(=O)O)ccc21. The Labute approximate surface area is 169 Å². The van der Waals surface area contributed by atoms with E-state index in [0.717, 1.165) is 29.8 Å². The summed E-state index contributed by atoms with van der Waals surface area (Å²) in [6.45, 7) is 4.27. The summed E-state index contributed by atoms with van der Waals surface area (Å²) in [6.07, 6.45) is 1.98. The van der Waals surface area contributed by atoms with Crippen LogP contribution in [-0.2, 0) is 17.6 Å². The number of amides is 1. The second-order valence-corrected chi connectivity index (χ2v) is 7.16. The zero-order valence-corrected chi connectivity index (χ0v) is 16.6. The summed E-state index contributed by atoms with van der Waals surface area (Å²) in [4.78, 5) is 41.6. The van der Waals surface area contributed by atoms with E-state index in [1.54, 1.807) is 24.3 Å². The van der Waals surface area contributed by atoms with Gasteiger partial charge in [0.1, 0.15) is 5.84 Å². The van der Waals surface area contributed by atoms with E-state index in [4.69, 9.17) is 5.11 Å². The molecule has 0 fully saturated rings. The molecule has 0 spiro atoms. The maximum atomic E-state index is 12.7. The molecule has 1 heterocycles. The van der Waals surface area contributed by atoms with Crippen LogP contribution >= 0.6 is 0 Å². The van der Waals surface area contributed by atoms with Crippen molar-refractivity contribution >= 4 is 29.2 Å². The predicted molar refractivity (Wildman–Crippen MR) is 112 cm³/mol. The molecule has 1 amide bonds. The van der Waals surface area contributed by atoms with E-state index < -0.39 is 5.97 Å². The molecule has 2 aromatic rings. The number of aliphatic carboxylic acids is 1. The van der Waals surface area contributed by atoms with Gasteiger partial charge in [0.15, 0.2) is 5.78 Å². The van der Waals surface area contributed by atoms with E-state index in [0.29, 0.717) is 29.8 Å².